The smallest absolute Gasteiger partial charge is 0.271 e. The zero-order valence-corrected chi connectivity index (χ0v) is 25.7. The number of carbonyl (C=O) groups is 2. The van der Waals surface area contributed by atoms with Crippen LogP contribution in [0.4, 0.5) is 5.69 Å². The SMILES string of the molecule is COc1cc(/C=c2/sc3n(c2=O)[C@@H](c2ccccc2)C(C(=O)Nc2ccccc2)=C(C)N=3)ccc1OCC(=O)N1CCOCC1. The summed E-state index contributed by atoms with van der Waals surface area (Å²) in [7, 11) is 1.52. The van der Waals surface area contributed by atoms with E-state index in [1.54, 1.807) is 40.7 Å². The van der Waals surface area contributed by atoms with Crippen LogP contribution in [0.15, 0.2) is 99.9 Å². The van der Waals surface area contributed by atoms with Crippen LogP contribution in [0.2, 0.25) is 0 Å². The Balaban J connectivity index is 1.32. The highest BCUT2D eigenvalue weighted by atomic mass is 32.1. The molecular weight excluding hydrogens is 592 g/mol. The third-order valence-corrected chi connectivity index (χ3v) is 8.60. The summed E-state index contributed by atoms with van der Waals surface area (Å²) in [6.07, 6.45) is 1.76. The molecule has 2 aliphatic heterocycles. The lowest BCUT2D eigenvalue weighted by molar-refractivity contribution is -0.137. The van der Waals surface area contributed by atoms with Crippen molar-refractivity contribution in [2.45, 2.75) is 13.0 Å². The second-order valence-corrected chi connectivity index (χ2v) is 11.5. The van der Waals surface area contributed by atoms with Crippen molar-refractivity contribution in [2.24, 2.45) is 4.99 Å². The lowest BCUT2D eigenvalue weighted by Crippen LogP contribution is -2.43. The highest BCUT2D eigenvalue weighted by Gasteiger charge is 2.32. The molecule has 2 aliphatic rings. The van der Waals surface area contributed by atoms with Crippen LogP contribution in [0.3, 0.4) is 0 Å². The van der Waals surface area contributed by atoms with E-state index in [1.807, 2.05) is 60.7 Å². The Morgan fingerprint density at radius 2 is 1.73 bits per heavy atom. The fraction of sp³-hybridized carbons (Fsp3) is 0.235. The van der Waals surface area contributed by atoms with Crippen molar-refractivity contribution in [3.05, 3.63) is 121 Å². The maximum atomic E-state index is 14.0. The molecule has 10 nitrogen and oxygen atoms in total. The lowest BCUT2D eigenvalue weighted by atomic mass is 9.95. The van der Waals surface area contributed by atoms with Gasteiger partial charge in [-0.2, -0.15) is 0 Å². The highest BCUT2D eigenvalue weighted by molar-refractivity contribution is 7.07. The number of hydrogen-bond donors (Lipinski definition) is 1. The number of allylic oxidation sites excluding steroid dienone is 1. The molecule has 3 heterocycles. The number of benzene rings is 3. The van der Waals surface area contributed by atoms with Gasteiger partial charge in [0.15, 0.2) is 22.9 Å². The number of nitrogens with one attached hydrogen (secondary N) is 1. The van der Waals surface area contributed by atoms with Crippen LogP contribution < -0.4 is 29.7 Å². The van der Waals surface area contributed by atoms with Crippen LogP contribution in [0.5, 0.6) is 11.5 Å². The first-order chi connectivity index (χ1) is 21.9. The first-order valence-electron chi connectivity index (χ1n) is 14.5. The quantitative estimate of drug-likeness (QED) is 0.323. The first-order valence-corrected chi connectivity index (χ1v) is 15.3. The van der Waals surface area contributed by atoms with Crippen molar-refractivity contribution in [1.82, 2.24) is 9.47 Å². The van der Waals surface area contributed by atoms with Crippen molar-refractivity contribution in [2.75, 3.05) is 45.3 Å². The Bertz CT molecular complexity index is 1930. The minimum Gasteiger partial charge on any atom is -0.493 e. The number of para-hydroxylation sites is 1. The Kier molecular flexibility index (Phi) is 8.90. The molecule has 0 saturated carbocycles. The van der Waals surface area contributed by atoms with Gasteiger partial charge in [0, 0.05) is 18.8 Å². The van der Waals surface area contributed by atoms with Crippen LogP contribution in [0, 0.1) is 0 Å². The van der Waals surface area contributed by atoms with E-state index < -0.39 is 6.04 Å². The molecular formula is C34H32N4O6S. The Labute approximate surface area is 263 Å². The van der Waals surface area contributed by atoms with Crippen LogP contribution in [-0.2, 0) is 14.3 Å². The molecule has 0 unspecified atom stereocenters. The fourth-order valence-electron chi connectivity index (χ4n) is 5.37. The lowest BCUT2D eigenvalue weighted by Gasteiger charge is -2.26. The van der Waals surface area contributed by atoms with E-state index in [2.05, 4.69) is 5.32 Å². The molecule has 1 fully saturated rings. The Morgan fingerprint density at radius 1 is 1.02 bits per heavy atom. The molecule has 11 heteroatoms. The van der Waals surface area contributed by atoms with Gasteiger partial charge in [-0.1, -0.05) is 65.9 Å². The molecule has 4 aromatic rings. The summed E-state index contributed by atoms with van der Waals surface area (Å²) in [5, 5.41) is 2.96. The largest absolute Gasteiger partial charge is 0.493 e. The zero-order valence-electron chi connectivity index (χ0n) is 24.9. The van der Waals surface area contributed by atoms with Crippen LogP contribution in [-0.4, -0.2) is 61.3 Å². The van der Waals surface area contributed by atoms with E-state index in [0.717, 1.165) is 5.56 Å². The van der Waals surface area contributed by atoms with E-state index in [4.69, 9.17) is 19.2 Å². The third-order valence-electron chi connectivity index (χ3n) is 7.61. The number of aromatic nitrogens is 1. The minimum absolute atomic E-state index is 0.118. The molecule has 2 amide bonds. The summed E-state index contributed by atoms with van der Waals surface area (Å²) >= 11 is 1.25. The van der Waals surface area contributed by atoms with Gasteiger partial charge in [-0.15, -0.1) is 0 Å². The number of anilines is 1. The first kappa shape index (κ1) is 30.0. The summed E-state index contributed by atoms with van der Waals surface area (Å²) in [5.41, 5.74) is 2.84. The molecule has 45 heavy (non-hydrogen) atoms. The summed E-state index contributed by atoms with van der Waals surface area (Å²) in [6, 6.07) is 23.3. The number of morpholine rings is 1. The average Bonchev–Trinajstić information content (AvgIpc) is 3.37. The average molecular weight is 625 g/mol. The second-order valence-electron chi connectivity index (χ2n) is 10.5. The number of ether oxygens (including phenoxy) is 3. The molecule has 0 aliphatic carbocycles. The van der Waals surface area contributed by atoms with E-state index >= 15 is 0 Å². The number of hydrogen-bond acceptors (Lipinski definition) is 8. The van der Waals surface area contributed by atoms with Crippen molar-refractivity contribution >= 4 is 34.9 Å². The predicted octanol–water partition coefficient (Wildman–Crippen LogP) is 3.12. The fourth-order valence-corrected chi connectivity index (χ4v) is 6.42. The monoisotopic (exact) mass is 624 g/mol. The normalized spacial score (nSPS) is 16.5. The molecule has 0 spiro atoms. The van der Waals surface area contributed by atoms with Crippen molar-refractivity contribution in [3.63, 3.8) is 0 Å². The van der Waals surface area contributed by atoms with Gasteiger partial charge in [0.2, 0.25) is 0 Å². The van der Waals surface area contributed by atoms with Crippen molar-refractivity contribution in [3.8, 4) is 11.5 Å². The number of carbonyl (C=O) groups excluding carboxylic acids is 2. The zero-order chi connectivity index (χ0) is 31.3. The maximum Gasteiger partial charge on any atom is 0.271 e. The summed E-state index contributed by atoms with van der Waals surface area (Å²) in [5.74, 6) is 0.416. The molecule has 0 bridgehead atoms. The summed E-state index contributed by atoms with van der Waals surface area (Å²) in [6.45, 7) is 3.79. The van der Waals surface area contributed by atoms with Crippen molar-refractivity contribution in [1.29, 1.82) is 0 Å². The molecule has 0 radical (unpaired) electrons. The van der Waals surface area contributed by atoms with E-state index in [-0.39, 0.29) is 24.0 Å². The van der Waals surface area contributed by atoms with Crippen LogP contribution in [0.1, 0.15) is 24.1 Å². The number of thiazole rings is 1. The highest BCUT2D eigenvalue weighted by Crippen LogP contribution is 2.31. The van der Waals surface area contributed by atoms with Gasteiger partial charge >= 0.3 is 0 Å². The Hall–Kier alpha value is -5.00. The molecule has 3 aromatic carbocycles. The molecule has 1 saturated heterocycles. The number of fused-ring (bicyclic) bond motifs is 1. The van der Waals surface area contributed by atoms with Gasteiger partial charge < -0.3 is 24.4 Å². The van der Waals surface area contributed by atoms with Gasteiger partial charge in [-0.3, -0.25) is 19.0 Å². The van der Waals surface area contributed by atoms with E-state index in [9.17, 15) is 14.4 Å². The standard InChI is InChI=1S/C34H32N4O6S/c1-22-30(32(40)36-25-11-7-4-8-12-25)31(24-9-5-3-6-10-24)38-33(41)28(45-34(38)35-22)20-23-13-14-26(27(19-23)42-2)44-21-29(39)37-15-17-43-18-16-37/h3-14,19-20,31H,15-18,21H2,1-2H3,(H,36,40)/b28-20+/t31-/m0/s1. The van der Waals surface area contributed by atoms with Gasteiger partial charge in [-0.25, -0.2) is 4.99 Å². The van der Waals surface area contributed by atoms with E-state index in [0.29, 0.717) is 69.7 Å². The molecule has 230 valence electrons. The van der Waals surface area contributed by atoms with Gasteiger partial charge in [-0.05, 0) is 48.4 Å². The molecule has 1 aromatic heterocycles. The summed E-state index contributed by atoms with van der Waals surface area (Å²) < 4.78 is 18.7. The molecule has 1 atom stereocenters. The Morgan fingerprint density at radius 3 is 2.44 bits per heavy atom. The van der Waals surface area contributed by atoms with Crippen LogP contribution >= 0.6 is 11.3 Å². The molecule has 1 N–H and O–H groups in total. The topological polar surface area (TPSA) is 111 Å². The van der Waals surface area contributed by atoms with Crippen molar-refractivity contribution < 1.29 is 23.8 Å². The second kappa shape index (κ2) is 13.3. The van der Waals surface area contributed by atoms with Gasteiger partial charge in [0.05, 0.1) is 42.2 Å². The number of nitrogens with zero attached hydrogens (tertiary/aromatic N) is 3. The summed E-state index contributed by atoms with van der Waals surface area (Å²) in [4.78, 5) is 47.1. The minimum atomic E-state index is -0.664. The predicted molar refractivity (Wildman–Crippen MR) is 171 cm³/mol. The van der Waals surface area contributed by atoms with Crippen LogP contribution in [0.25, 0.3) is 6.08 Å². The third kappa shape index (κ3) is 6.45. The maximum absolute atomic E-state index is 14.0. The number of rotatable bonds is 8. The number of amides is 2. The van der Waals surface area contributed by atoms with Gasteiger partial charge in [0.1, 0.15) is 0 Å². The van der Waals surface area contributed by atoms with E-state index in [1.165, 1.54) is 18.4 Å². The molecule has 6 rings (SSSR count). The van der Waals surface area contributed by atoms with Gasteiger partial charge in [0.25, 0.3) is 17.4 Å². The number of methoxy groups -OCH3 is 1.